The number of carbonyl (C=O) groups excluding carboxylic acids is 2. The Bertz CT molecular complexity index is 570. The molecule has 5 nitrogen and oxygen atoms in total. The van der Waals surface area contributed by atoms with E-state index >= 15 is 0 Å². The minimum atomic E-state index is -2.08. The molecule has 0 bridgehead atoms. The number of carbonyl (C=O) groups is 2. The summed E-state index contributed by atoms with van der Waals surface area (Å²) in [5.41, 5.74) is -1.10. The number of benzene rings is 1. The zero-order chi connectivity index (χ0) is 17.8. The van der Waals surface area contributed by atoms with Crippen molar-refractivity contribution in [3.63, 3.8) is 0 Å². The van der Waals surface area contributed by atoms with Crippen molar-refractivity contribution in [3.8, 4) is 5.75 Å². The Hall–Kier alpha value is -2.04. The average Bonchev–Trinajstić information content (AvgIpc) is 2.41. The van der Waals surface area contributed by atoms with Crippen molar-refractivity contribution in [2.24, 2.45) is 5.41 Å². The average molecular weight is 320 g/mol. The van der Waals surface area contributed by atoms with E-state index in [4.69, 9.17) is 0 Å². The molecule has 5 heteroatoms. The van der Waals surface area contributed by atoms with Crippen molar-refractivity contribution in [2.45, 2.75) is 58.8 Å². The number of aromatic hydroxyl groups is 1. The predicted octanol–water partition coefficient (Wildman–Crippen LogP) is 0.909. The Morgan fingerprint density at radius 3 is 2.09 bits per heavy atom. The van der Waals surface area contributed by atoms with E-state index in [1.165, 1.54) is 6.07 Å². The Balaban J connectivity index is 3.30. The van der Waals surface area contributed by atoms with E-state index in [-0.39, 0.29) is 24.0 Å². The molecule has 0 fully saturated rings. The van der Waals surface area contributed by atoms with E-state index in [1.807, 2.05) is 27.7 Å². The van der Waals surface area contributed by atoms with Gasteiger partial charge in [0.25, 0.3) is 0 Å². The molecule has 0 aliphatic carbocycles. The second kappa shape index (κ2) is 7.02. The van der Waals surface area contributed by atoms with E-state index in [2.05, 4.69) is 0 Å². The van der Waals surface area contributed by atoms with Gasteiger partial charge in [0.05, 0.1) is 17.4 Å². The topological polar surface area (TPSA) is 100 Å². The summed E-state index contributed by atoms with van der Waals surface area (Å²) < 4.78 is 0. The number of carboxylic acid groups (broad SMARTS) is 2. The van der Waals surface area contributed by atoms with Gasteiger partial charge >= 0.3 is 0 Å². The molecule has 0 radical (unpaired) electrons. The SMILES string of the molecule is CCCCC(Cc1cc(O)cc(C(C)(C)C)c1)(C(=O)[O-])C(=O)[O-]. The van der Waals surface area contributed by atoms with Crippen molar-refractivity contribution in [2.75, 3.05) is 0 Å². The highest BCUT2D eigenvalue weighted by atomic mass is 16.4. The molecule has 0 saturated carbocycles. The smallest absolute Gasteiger partial charge is 0.116 e. The Labute approximate surface area is 137 Å². The fourth-order valence-corrected chi connectivity index (χ4v) is 2.56. The standard InChI is InChI=1S/C18H26O5/c1-5-6-7-18(15(20)21,16(22)23)11-12-8-13(17(2,3)4)10-14(19)9-12/h8-10,19H,5-7,11H2,1-4H3,(H,20,21)(H,22,23)/p-2. The summed E-state index contributed by atoms with van der Waals surface area (Å²) in [5, 5.41) is 33.0. The van der Waals surface area contributed by atoms with Gasteiger partial charge in [0.15, 0.2) is 0 Å². The number of phenols is 1. The summed E-state index contributed by atoms with van der Waals surface area (Å²) in [5.74, 6) is -3.31. The number of phenolic OH excluding ortho intramolecular Hbond substituents is 1. The number of hydrogen-bond donors (Lipinski definition) is 1. The second-order valence-electron chi connectivity index (χ2n) is 7.08. The fourth-order valence-electron chi connectivity index (χ4n) is 2.56. The third-order valence-corrected chi connectivity index (χ3v) is 4.09. The van der Waals surface area contributed by atoms with Gasteiger partial charge < -0.3 is 24.9 Å². The zero-order valence-corrected chi connectivity index (χ0v) is 14.1. The molecule has 0 heterocycles. The predicted molar refractivity (Wildman–Crippen MR) is 82.5 cm³/mol. The third kappa shape index (κ3) is 4.47. The highest BCUT2D eigenvalue weighted by Gasteiger charge is 2.34. The first kappa shape index (κ1) is 19.0. The number of aliphatic carboxylic acids is 2. The lowest BCUT2D eigenvalue weighted by atomic mass is 9.76. The molecule has 1 N–H and O–H groups in total. The van der Waals surface area contributed by atoms with E-state index in [0.717, 1.165) is 5.56 Å². The molecule has 0 spiro atoms. The quantitative estimate of drug-likeness (QED) is 0.753. The normalized spacial score (nSPS) is 12.2. The monoisotopic (exact) mass is 320 g/mol. The molecule has 0 unspecified atom stereocenters. The van der Waals surface area contributed by atoms with Crippen LogP contribution in [0.1, 0.15) is 58.1 Å². The first-order valence-corrected chi connectivity index (χ1v) is 7.79. The molecule has 1 rings (SSSR count). The molecule has 1 aromatic rings. The molecular weight excluding hydrogens is 296 g/mol. The molecule has 23 heavy (non-hydrogen) atoms. The fraction of sp³-hybridized carbons (Fsp3) is 0.556. The molecule has 0 amide bonds. The number of carboxylic acids is 2. The summed E-state index contributed by atoms with van der Waals surface area (Å²) in [4.78, 5) is 23.1. The molecule has 0 aliphatic heterocycles. The Morgan fingerprint density at radius 1 is 1.09 bits per heavy atom. The lowest BCUT2D eigenvalue weighted by molar-refractivity contribution is -0.343. The maximum atomic E-state index is 11.5. The lowest BCUT2D eigenvalue weighted by Crippen LogP contribution is -2.55. The van der Waals surface area contributed by atoms with Crippen LogP contribution in [0.3, 0.4) is 0 Å². The van der Waals surface area contributed by atoms with Gasteiger partial charge in [-0.25, -0.2) is 0 Å². The van der Waals surface area contributed by atoms with Gasteiger partial charge in [-0.05, 0) is 41.5 Å². The minimum Gasteiger partial charge on any atom is -0.549 e. The molecule has 0 saturated heterocycles. The van der Waals surface area contributed by atoms with Crippen LogP contribution in [0.5, 0.6) is 5.75 Å². The van der Waals surface area contributed by atoms with Crippen LogP contribution < -0.4 is 10.2 Å². The van der Waals surface area contributed by atoms with Gasteiger partial charge in [0.2, 0.25) is 0 Å². The second-order valence-corrected chi connectivity index (χ2v) is 7.08. The van der Waals surface area contributed by atoms with Crippen LogP contribution in [0.15, 0.2) is 18.2 Å². The molecule has 0 atom stereocenters. The number of rotatable bonds is 7. The third-order valence-electron chi connectivity index (χ3n) is 4.09. The number of hydrogen-bond acceptors (Lipinski definition) is 5. The van der Waals surface area contributed by atoms with E-state index in [0.29, 0.717) is 18.4 Å². The summed E-state index contributed by atoms with van der Waals surface area (Å²) in [7, 11) is 0. The largest absolute Gasteiger partial charge is 0.549 e. The molecular formula is C18H24O5-2. The van der Waals surface area contributed by atoms with Gasteiger partial charge in [-0.2, -0.15) is 0 Å². The van der Waals surface area contributed by atoms with E-state index in [1.54, 1.807) is 12.1 Å². The Kier molecular flexibility index (Phi) is 5.81. The molecule has 1 aromatic carbocycles. The van der Waals surface area contributed by atoms with Crippen LogP contribution in [0.2, 0.25) is 0 Å². The highest BCUT2D eigenvalue weighted by Crippen LogP contribution is 2.33. The van der Waals surface area contributed by atoms with Crippen molar-refractivity contribution >= 4 is 11.9 Å². The summed E-state index contributed by atoms with van der Waals surface area (Å²) in [6.07, 6.45) is 0.770. The van der Waals surface area contributed by atoms with E-state index in [9.17, 15) is 24.9 Å². The van der Waals surface area contributed by atoms with Gasteiger partial charge in [-0.3, -0.25) is 0 Å². The van der Waals surface area contributed by atoms with Crippen LogP contribution in [0.25, 0.3) is 0 Å². The van der Waals surface area contributed by atoms with Crippen LogP contribution >= 0.6 is 0 Å². The van der Waals surface area contributed by atoms with Crippen LogP contribution in [0.4, 0.5) is 0 Å². The van der Waals surface area contributed by atoms with Gasteiger partial charge in [0.1, 0.15) is 5.75 Å². The summed E-state index contributed by atoms with van der Waals surface area (Å²) in [6.45, 7) is 7.70. The molecule has 0 aliphatic rings. The first-order chi connectivity index (χ1) is 10.5. The van der Waals surface area contributed by atoms with Crippen molar-refractivity contribution in [1.29, 1.82) is 0 Å². The van der Waals surface area contributed by atoms with Crippen LogP contribution in [-0.4, -0.2) is 17.0 Å². The van der Waals surface area contributed by atoms with Crippen molar-refractivity contribution < 1.29 is 24.9 Å². The maximum absolute atomic E-state index is 11.5. The van der Waals surface area contributed by atoms with Gasteiger partial charge in [-0.1, -0.05) is 46.6 Å². The van der Waals surface area contributed by atoms with Crippen molar-refractivity contribution in [1.82, 2.24) is 0 Å². The maximum Gasteiger partial charge on any atom is 0.116 e. The van der Waals surface area contributed by atoms with Crippen molar-refractivity contribution in [3.05, 3.63) is 29.3 Å². The van der Waals surface area contributed by atoms with Gasteiger partial charge in [0, 0.05) is 0 Å². The Morgan fingerprint density at radius 2 is 1.65 bits per heavy atom. The van der Waals surface area contributed by atoms with Crippen LogP contribution in [-0.2, 0) is 21.4 Å². The zero-order valence-electron chi connectivity index (χ0n) is 14.1. The highest BCUT2D eigenvalue weighted by molar-refractivity contribution is 5.96. The summed E-state index contributed by atoms with van der Waals surface area (Å²) in [6, 6.07) is 4.71. The first-order valence-electron chi connectivity index (χ1n) is 7.79. The minimum absolute atomic E-state index is 0.0199. The van der Waals surface area contributed by atoms with E-state index < -0.39 is 17.4 Å². The molecule has 0 aromatic heterocycles. The number of unbranched alkanes of at least 4 members (excludes halogenated alkanes) is 1. The van der Waals surface area contributed by atoms with Gasteiger partial charge in [-0.15, -0.1) is 0 Å². The molecule has 128 valence electrons. The van der Waals surface area contributed by atoms with Crippen LogP contribution in [0, 0.1) is 5.41 Å². The summed E-state index contributed by atoms with van der Waals surface area (Å²) >= 11 is 0. The lowest BCUT2D eigenvalue weighted by Gasteiger charge is -2.36.